The number of halogens is 1. The SMILES string of the molecule is O=C(CSc1nnc(N2CCN(C(=O)Cc3ccc(Cl)cc3)CC2)s1)NC1CCCC1. The standard InChI is InChI=1S/C21H26ClN5O2S2/c22-16-7-5-15(6-8-16)13-19(29)26-9-11-27(12-10-26)20-24-25-21(31-20)30-14-18(28)23-17-3-1-2-4-17/h5-8,17H,1-4,9-14H2,(H,23,28). The lowest BCUT2D eigenvalue weighted by Crippen LogP contribution is -2.49. The number of rotatable bonds is 7. The van der Waals surface area contributed by atoms with Crippen LogP contribution in [0, 0.1) is 0 Å². The van der Waals surface area contributed by atoms with E-state index >= 15 is 0 Å². The van der Waals surface area contributed by atoms with E-state index in [-0.39, 0.29) is 11.8 Å². The highest BCUT2D eigenvalue weighted by Gasteiger charge is 2.24. The lowest BCUT2D eigenvalue weighted by molar-refractivity contribution is -0.130. The van der Waals surface area contributed by atoms with Crippen molar-refractivity contribution in [3.8, 4) is 0 Å². The molecule has 7 nitrogen and oxygen atoms in total. The number of thioether (sulfide) groups is 1. The molecule has 4 rings (SSSR count). The summed E-state index contributed by atoms with van der Waals surface area (Å²) in [6, 6.07) is 7.75. The number of aromatic nitrogens is 2. The van der Waals surface area contributed by atoms with Gasteiger partial charge in [-0.05, 0) is 30.5 Å². The molecular weight excluding hydrogens is 454 g/mol. The number of hydrogen-bond donors (Lipinski definition) is 1. The molecule has 1 aliphatic carbocycles. The molecule has 2 amide bonds. The third-order valence-corrected chi connectivity index (χ3v) is 7.98. The van der Waals surface area contributed by atoms with E-state index in [1.807, 2.05) is 29.2 Å². The maximum atomic E-state index is 12.6. The van der Waals surface area contributed by atoms with Crippen LogP contribution in [0.1, 0.15) is 31.2 Å². The van der Waals surface area contributed by atoms with Gasteiger partial charge < -0.3 is 15.1 Å². The highest BCUT2D eigenvalue weighted by molar-refractivity contribution is 8.01. The van der Waals surface area contributed by atoms with Crippen molar-refractivity contribution in [3.63, 3.8) is 0 Å². The van der Waals surface area contributed by atoms with Gasteiger partial charge >= 0.3 is 0 Å². The third-order valence-electron chi connectivity index (χ3n) is 5.61. The number of carbonyl (C=O) groups is 2. The van der Waals surface area contributed by atoms with Crippen molar-refractivity contribution in [2.24, 2.45) is 0 Å². The second-order valence-corrected chi connectivity index (χ2v) is 10.5. The second-order valence-electron chi connectivity index (χ2n) is 7.86. The number of hydrogen-bond acceptors (Lipinski definition) is 7. The van der Waals surface area contributed by atoms with Crippen LogP contribution in [0.5, 0.6) is 0 Å². The minimum absolute atomic E-state index is 0.0708. The maximum Gasteiger partial charge on any atom is 0.230 e. The lowest BCUT2D eigenvalue weighted by atomic mass is 10.1. The number of nitrogens with one attached hydrogen (secondary N) is 1. The molecule has 166 valence electrons. The summed E-state index contributed by atoms with van der Waals surface area (Å²) in [4.78, 5) is 28.7. The summed E-state index contributed by atoms with van der Waals surface area (Å²) >= 11 is 8.86. The third kappa shape index (κ3) is 6.33. The van der Waals surface area contributed by atoms with Crippen LogP contribution < -0.4 is 10.2 Å². The predicted molar refractivity (Wildman–Crippen MR) is 125 cm³/mol. The molecule has 1 N–H and O–H groups in total. The van der Waals surface area contributed by atoms with E-state index in [4.69, 9.17) is 11.6 Å². The highest BCUT2D eigenvalue weighted by atomic mass is 35.5. The summed E-state index contributed by atoms with van der Waals surface area (Å²) in [6.07, 6.45) is 4.98. The zero-order valence-corrected chi connectivity index (χ0v) is 19.6. The van der Waals surface area contributed by atoms with E-state index in [0.29, 0.717) is 36.3 Å². The monoisotopic (exact) mass is 479 g/mol. The average molecular weight is 480 g/mol. The Morgan fingerprint density at radius 1 is 1.10 bits per heavy atom. The molecular formula is C21H26ClN5O2S2. The smallest absolute Gasteiger partial charge is 0.230 e. The van der Waals surface area contributed by atoms with Crippen LogP contribution in [-0.2, 0) is 16.0 Å². The number of anilines is 1. The van der Waals surface area contributed by atoms with Crippen molar-refractivity contribution in [2.45, 2.75) is 42.5 Å². The molecule has 0 bridgehead atoms. The summed E-state index contributed by atoms with van der Waals surface area (Å²) < 4.78 is 0.804. The molecule has 31 heavy (non-hydrogen) atoms. The maximum absolute atomic E-state index is 12.6. The molecule has 0 unspecified atom stereocenters. The van der Waals surface area contributed by atoms with Crippen molar-refractivity contribution in [3.05, 3.63) is 34.9 Å². The summed E-state index contributed by atoms with van der Waals surface area (Å²) in [7, 11) is 0. The van der Waals surface area contributed by atoms with Crippen molar-refractivity contribution >= 4 is 51.6 Å². The van der Waals surface area contributed by atoms with Gasteiger partial charge in [-0.3, -0.25) is 9.59 Å². The van der Waals surface area contributed by atoms with Crippen molar-refractivity contribution in [2.75, 3.05) is 36.8 Å². The molecule has 2 aliphatic rings. The van der Waals surface area contributed by atoms with Gasteiger partial charge in [-0.1, -0.05) is 59.7 Å². The molecule has 0 atom stereocenters. The van der Waals surface area contributed by atoms with Crippen LogP contribution in [0.3, 0.4) is 0 Å². The van der Waals surface area contributed by atoms with Crippen molar-refractivity contribution < 1.29 is 9.59 Å². The molecule has 0 spiro atoms. The summed E-state index contributed by atoms with van der Waals surface area (Å²) in [5.41, 5.74) is 0.972. The minimum Gasteiger partial charge on any atom is -0.353 e. The van der Waals surface area contributed by atoms with E-state index in [9.17, 15) is 9.59 Å². The van der Waals surface area contributed by atoms with Gasteiger partial charge in [0, 0.05) is 37.2 Å². The first-order chi connectivity index (χ1) is 15.1. The van der Waals surface area contributed by atoms with Crippen LogP contribution in [0.15, 0.2) is 28.6 Å². The molecule has 10 heteroatoms. The van der Waals surface area contributed by atoms with Crippen LogP contribution in [-0.4, -0.2) is 64.9 Å². The molecule has 1 saturated heterocycles. The number of carbonyl (C=O) groups excluding carboxylic acids is 2. The fourth-order valence-corrected chi connectivity index (χ4v) is 5.72. The van der Waals surface area contributed by atoms with Gasteiger partial charge in [0.15, 0.2) is 4.34 Å². The van der Waals surface area contributed by atoms with E-state index in [0.717, 1.165) is 41.0 Å². The zero-order chi connectivity index (χ0) is 21.6. The minimum atomic E-state index is 0.0708. The topological polar surface area (TPSA) is 78.4 Å². The number of amides is 2. The predicted octanol–water partition coefficient (Wildman–Crippen LogP) is 3.23. The van der Waals surface area contributed by atoms with Gasteiger partial charge in [-0.25, -0.2) is 0 Å². The summed E-state index contributed by atoms with van der Waals surface area (Å²) in [5.74, 6) is 0.572. The van der Waals surface area contributed by atoms with E-state index in [1.54, 1.807) is 0 Å². The second kappa shape index (κ2) is 10.7. The van der Waals surface area contributed by atoms with E-state index in [1.165, 1.54) is 35.9 Å². The van der Waals surface area contributed by atoms with Gasteiger partial charge in [-0.15, -0.1) is 10.2 Å². The fourth-order valence-electron chi connectivity index (χ4n) is 3.89. The molecule has 1 aliphatic heterocycles. The first-order valence-electron chi connectivity index (χ1n) is 10.6. The van der Waals surface area contributed by atoms with E-state index < -0.39 is 0 Å². The summed E-state index contributed by atoms with van der Waals surface area (Å²) in [6.45, 7) is 2.79. The molecule has 2 aromatic rings. The number of nitrogens with zero attached hydrogens (tertiary/aromatic N) is 4. The van der Waals surface area contributed by atoms with Gasteiger partial charge in [0.05, 0.1) is 12.2 Å². The largest absolute Gasteiger partial charge is 0.353 e. The van der Waals surface area contributed by atoms with Gasteiger partial charge in [-0.2, -0.15) is 0 Å². The highest BCUT2D eigenvalue weighted by Crippen LogP contribution is 2.29. The molecule has 1 aromatic heterocycles. The first kappa shape index (κ1) is 22.4. The van der Waals surface area contributed by atoms with Gasteiger partial charge in [0.25, 0.3) is 0 Å². The Morgan fingerprint density at radius 3 is 2.52 bits per heavy atom. The van der Waals surface area contributed by atoms with Crippen LogP contribution in [0.4, 0.5) is 5.13 Å². The van der Waals surface area contributed by atoms with Gasteiger partial charge in [0.2, 0.25) is 16.9 Å². The average Bonchev–Trinajstić information content (AvgIpc) is 3.46. The van der Waals surface area contributed by atoms with Crippen molar-refractivity contribution in [1.82, 2.24) is 20.4 Å². The Bertz CT molecular complexity index is 893. The zero-order valence-electron chi connectivity index (χ0n) is 17.3. The van der Waals surface area contributed by atoms with E-state index in [2.05, 4.69) is 20.4 Å². The Morgan fingerprint density at radius 2 is 1.81 bits per heavy atom. The summed E-state index contributed by atoms with van der Waals surface area (Å²) in [5, 5.41) is 13.1. The quantitative estimate of drug-likeness (QED) is 0.614. The first-order valence-corrected chi connectivity index (χ1v) is 12.8. The van der Waals surface area contributed by atoms with Crippen LogP contribution in [0.2, 0.25) is 5.02 Å². The Labute approximate surface area is 195 Å². The normalized spacial score (nSPS) is 17.2. The lowest BCUT2D eigenvalue weighted by Gasteiger charge is -2.34. The Hall–Kier alpha value is -1.84. The van der Waals surface area contributed by atoms with Crippen molar-refractivity contribution in [1.29, 1.82) is 0 Å². The van der Waals surface area contributed by atoms with Crippen LogP contribution >= 0.6 is 34.7 Å². The van der Waals surface area contributed by atoms with Crippen LogP contribution in [0.25, 0.3) is 0 Å². The molecule has 1 saturated carbocycles. The number of piperazine rings is 1. The number of benzene rings is 1. The molecule has 2 heterocycles. The Kier molecular flexibility index (Phi) is 7.68. The molecule has 0 radical (unpaired) electrons. The Balaban J connectivity index is 1.21. The molecule has 2 fully saturated rings. The van der Waals surface area contributed by atoms with Gasteiger partial charge in [0.1, 0.15) is 0 Å². The fraction of sp³-hybridized carbons (Fsp3) is 0.524. The molecule has 1 aromatic carbocycles.